The van der Waals surface area contributed by atoms with E-state index in [9.17, 15) is 10.1 Å². The maximum Gasteiger partial charge on any atom is 0.266 e. The molecule has 3 rings (SSSR count). The second-order valence-corrected chi connectivity index (χ2v) is 7.49. The van der Waals surface area contributed by atoms with E-state index in [-0.39, 0.29) is 5.57 Å². The summed E-state index contributed by atoms with van der Waals surface area (Å²) in [4.78, 5) is 12.3. The highest BCUT2D eigenvalue weighted by Crippen LogP contribution is 2.24. The van der Waals surface area contributed by atoms with Crippen molar-refractivity contribution in [3.8, 4) is 11.8 Å². The molecule has 3 aromatic carbocycles. The fourth-order valence-electron chi connectivity index (χ4n) is 2.54. The maximum atomic E-state index is 12.3. The first-order chi connectivity index (χ1) is 14.4. The Morgan fingerprint density at radius 2 is 1.77 bits per heavy atom. The number of halogens is 3. The van der Waals surface area contributed by atoms with Crippen LogP contribution in [0.25, 0.3) is 6.08 Å². The second kappa shape index (κ2) is 10.2. The number of amides is 1. The smallest absolute Gasteiger partial charge is 0.266 e. The molecule has 0 saturated heterocycles. The Morgan fingerprint density at radius 3 is 2.43 bits per heavy atom. The lowest BCUT2D eigenvalue weighted by Crippen LogP contribution is -2.13. The Labute approximate surface area is 189 Å². The molecule has 0 spiro atoms. The van der Waals surface area contributed by atoms with Crippen molar-refractivity contribution in [1.29, 1.82) is 5.26 Å². The van der Waals surface area contributed by atoms with E-state index in [4.69, 9.17) is 39.5 Å². The first-order valence-electron chi connectivity index (χ1n) is 8.80. The minimum absolute atomic E-state index is 0.0283. The number of rotatable bonds is 6. The van der Waals surface area contributed by atoms with E-state index in [0.717, 1.165) is 5.56 Å². The number of hydrogen-bond donors (Lipinski definition) is 1. The van der Waals surface area contributed by atoms with Gasteiger partial charge in [-0.3, -0.25) is 4.79 Å². The first-order valence-corrected chi connectivity index (χ1v) is 9.93. The molecule has 4 nitrogen and oxygen atoms in total. The summed E-state index contributed by atoms with van der Waals surface area (Å²) in [6.07, 6.45) is 1.50. The van der Waals surface area contributed by atoms with Crippen molar-refractivity contribution in [2.45, 2.75) is 6.61 Å². The molecule has 0 saturated carbocycles. The van der Waals surface area contributed by atoms with E-state index in [1.807, 2.05) is 12.1 Å². The first kappa shape index (κ1) is 21.7. The van der Waals surface area contributed by atoms with Gasteiger partial charge in [0.15, 0.2) is 0 Å². The predicted molar refractivity (Wildman–Crippen MR) is 121 cm³/mol. The molecule has 7 heteroatoms. The Morgan fingerprint density at radius 1 is 1.00 bits per heavy atom. The molecular formula is C23H15Cl3N2O2. The molecule has 3 aromatic rings. The SMILES string of the molecule is N#C/C(=C\c1ccc(OCc2ccc(Cl)c(Cl)c2)cc1)C(=O)Nc1cccc(Cl)c1. The zero-order valence-corrected chi connectivity index (χ0v) is 17.8. The van der Waals surface area contributed by atoms with Crippen molar-refractivity contribution >= 4 is 52.5 Å². The summed E-state index contributed by atoms with van der Waals surface area (Å²) in [7, 11) is 0. The van der Waals surface area contributed by atoms with Crippen LogP contribution in [-0.4, -0.2) is 5.91 Å². The van der Waals surface area contributed by atoms with Gasteiger partial charge in [-0.05, 0) is 59.7 Å². The van der Waals surface area contributed by atoms with Crippen molar-refractivity contribution in [3.05, 3.63) is 98.5 Å². The Hall–Kier alpha value is -2.97. The minimum atomic E-state index is -0.514. The van der Waals surface area contributed by atoms with Gasteiger partial charge in [-0.25, -0.2) is 0 Å². The van der Waals surface area contributed by atoms with Gasteiger partial charge < -0.3 is 10.1 Å². The van der Waals surface area contributed by atoms with Crippen LogP contribution in [0.5, 0.6) is 5.75 Å². The summed E-state index contributed by atoms with van der Waals surface area (Å²) in [5.74, 6) is 0.125. The standard InChI is InChI=1S/C23H15Cl3N2O2/c24-18-2-1-3-19(12-18)28-23(29)17(13-27)10-15-4-7-20(8-5-15)30-14-16-6-9-21(25)22(26)11-16/h1-12H,14H2,(H,28,29)/b17-10+. The van der Waals surface area contributed by atoms with Crippen LogP contribution in [0, 0.1) is 11.3 Å². The molecule has 0 bridgehead atoms. The lowest BCUT2D eigenvalue weighted by atomic mass is 10.1. The number of nitriles is 1. The van der Waals surface area contributed by atoms with Crippen molar-refractivity contribution in [3.63, 3.8) is 0 Å². The average Bonchev–Trinajstić information content (AvgIpc) is 2.73. The van der Waals surface area contributed by atoms with Gasteiger partial charge in [0.05, 0.1) is 10.0 Å². The largest absolute Gasteiger partial charge is 0.489 e. The number of hydrogen-bond acceptors (Lipinski definition) is 3. The molecule has 1 amide bonds. The normalized spacial score (nSPS) is 10.9. The molecule has 0 aliphatic rings. The Kier molecular flexibility index (Phi) is 7.37. The number of nitrogens with zero attached hydrogens (tertiary/aromatic N) is 1. The summed E-state index contributed by atoms with van der Waals surface area (Å²) in [5.41, 5.74) is 2.06. The van der Waals surface area contributed by atoms with Gasteiger partial charge in [-0.1, -0.05) is 59.1 Å². The zero-order valence-electron chi connectivity index (χ0n) is 15.5. The van der Waals surface area contributed by atoms with Crippen molar-refractivity contribution in [1.82, 2.24) is 0 Å². The van der Waals surface area contributed by atoms with E-state index in [1.54, 1.807) is 60.7 Å². The van der Waals surface area contributed by atoms with Crippen molar-refractivity contribution in [2.24, 2.45) is 0 Å². The summed E-state index contributed by atoms with van der Waals surface area (Å²) in [6, 6.07) is 21.0. The third-order valence-electron chi connectivity index (χ3n) is 4.03. The van der Waals surface area contributed by atoms with Crippen molar-refractivity contribution < 1.29 is 9.53 Å². The van der Waals surface area contributed by atoms with Crippen LogP contribution in [0.15, 0.2) is 72.3 Å². The Balaban J connectivity index is 1.65. The lowest BCUT2D eigenvalue weighted by molar-refractivity contribution is -0.112. The summed E-state index contributed by atoms with van der Waals surface area (Å²) in [5, 5.41) is 13.5. The van der Waals surface area contributed by atoms with Crippen LogP contribution in [0.4, 0.5) is 5.69 Å². The van der Waals surface area contributed by atoms with E-state index >= 15 is 0 Å². The van der Waals surface area contributed by atoms with Gasteiger partial charge >= 0.3 is 0 Å². The van der Waals surface area contributed by atoms with Crippen LogP contribution in [0.1, 0.15) is 11.1 Å². The van der Waals surface area contributed by atoms with Crippen LogP contribution in [0.2, 0.25) is 15.1 Å². The third kappa shape index (κ3) is 6.01. The highest BCUT2D eigenvalue weighted by atomic mass is 35.5. The number of carbonyl (C=O) groups excluding carboxylic acids is 1. The highest BCUT2D eigenvalue weighted by Gasteiger charge is 2.10. The molecule has 0 aliphatic heterocycles. The Bertz CT molecular complexity index is 1140. The molecule has 0 atom stereocenters. The van der Waals surface area contributed by atoms with E-state index < -0.39 is 5.91 Å². The lowest BCUT2D eigenvalue weighted by Gasteiger charge is -2.08. The molecule has 30 heavy (non-hydrogen) atoms. The van der Waals surface area contributed by atoms with Crippen LogP contribution < -0.4 is 10.1 Å². The monoisotopic (exact) mass is 456 g/mol. The van der Waals surface area contributed by atoms with Crippen LogP contribution >= 0.6 is 34.8 Å². The van der Waals surface area contributed by atoms with E-state index in [1.165, 1.54) is 6.08 Å². The zero-order chi connectivity index (χ0) is 21.5. The summed E-state index contributed by atoms with van der Waals surface area (Å²) < 4.78 is 5.73. The van der Waals surface area contributed by atoms with Gasteiger partial charge in [-0.15, -0.1) is 0 Å². The molecule has 0 radical (unpaired) electrons. The van der Waals surface area contributed by atoms with Gasteiger partial charge in [0.2, 0.25) is 0 Å². The highest BCUT2D eigenvalue weighted by molar-refractivity contribution is 6.42. The van der Waals surface area contributed by atoms with E-state index in [0.29, 0.717) is 38.7 Å². The second-order valence-electron chi connectivity index (χ2n) is 6.24. The summed E-state index contributed by atoms with van der Waals surface area (Å²) in [6.45, 7) is 0.331. The maximum absolute atomic E-state index is 12.3. The molecule has 0 fully saturated rings. The van der Waals surface area contributed by atoms with Gasteiger partial charge in [0.1, 0.15) is 24.0 Å². The molecular weight excluding hydrogens is 443 g/mol. The molecule has 0 heterocycles. The molecule has 0 aliphatic carbocycles. The van der Waals surface area contributed by atoms with E-state index in [2.05, 4.69) is 5.32 Å². The van der Waals surface area contributed by atoms with Gasteiger partial charge in [-0.2, -0.15) is 5.26 Å². The molecule has 150 valence electrons. The van der Waals surface area contributed by atoms with Gasteiger partial charge in [0, 0.05) is 10.7 Å². The topological polar surface area (TPSA) is 62.1 Å². The van der Waals surface area contributed by atoms with Crippen LogP contribution in [-0.2, 0) is 11.4 Å². The van der Waals surface area contributed by atoms with Crippen LogP contribution in [0.3, 0.4) is 0 Å². The molecule has 0 unspecified atom stereocenters. The minimum Gasteiger partial charge on any atom is -0.489 e. The number of ether oxygens (including phenoxy) is 1. The third-order valence-corrected chi connectivity index (χ3v) is 5.00. The summed E-state index contributed by atoms with van der Waals surface area (Å²) >= 11 is 17.8. The number of carbonyl (C=O) groups is 1. The predicted octanol–water partition coefficient (Wildman–Crippen LogP) is 6.77. The fraction of sp³-hybridized carbons (Fsp3) is 0.0435. The number of anilines is 1. The fourth-order valence-corrected chi connectivity index (χ4v) is 3.05. The quantitative estimate of drug-likeness (QED) is 0.328. The van der Waals surface area contributed by atoms with Gasteiger partial charge in [0.25, 0.3) is 5.91 Å². The van der Waals surface area contributed by atoms with Crippen molar-refractivity contribution in [2.75, 3.05) is 5.32 Å². The number of benzene rings is 3. The molecule has 1 N–H and O–H groups in total. The molecule has 0 aromatic heterocycles. The average molecular weight is 458 g/mol. The number of nitrogens with one attached hydrogen (secondary N) is 1.